The van der Waals surface area contributed by atoms with E-state index in [2.05, 4.69) is 22.9 Å². The van der Waals surface area contributed by atoms with Gasteiger partial charge in [-0.25, -0.2) is 0 Å². The molecule has 0 radical (unpaired) electrons. The van der Waals surface area contributed by atoms with Gasteiger partial charge >= 0.3 is 0 Å². The molecule has 0 saturated heterocycles. The van der Waals surface area contributed by atoms with E-state index in [1.54, 1.807) is 12.2 Å². The fourth-order valence-corrected chi connectivity index (χ4v) is 0.342. The Morgan fingerprint density at radius 3 is 2.44 bits per heavy atom. The molecular formula is C7H10O2. The van der Waals surface area contributed by atoms with E-state index in [0.29, 0.717) is 5.76 Å². The van der Waals surface area contributed by atoms with Crippen LogP contribution in [0.25, 0.3) is 0 Å². The minimum atomic E-state index is 0.549. The topological polar surface area (TPSA) is 18.5 Å². The number of hydrogen-bond donors (Lipinski definition) is 0. The van der Waals surface area contributed by atoms with E-state index in [1.807, 2.05) is 0 Å². The summed E-state index contributed by atoms with van der Waals surface area (Å²) < 4.78 is 0. The van der Waals surface area contributed by atoms with Crippen molar-refractivity contribution in [1.29, 1.82) is 0 Å². The largest absolute Gasteiger partial charge is 0.338 e. The lowest BCUT2D eigenvalue weighted by atomic mass is 10.4. The highest BCUT2D eigenvalue weighted by molar-refractivity contribution is 5.13. The zero-order valence-corrected chi connectivity index (χ0v) is 5.46. The van der Waals surface area contributed by atoms with Gasteiger partial charge in [0.15, 0.2) is 5.76 Å². The molecule has 9 heavy (non-hydrogen) atoms. The molecule has 0 amide bonds. The smallest absolute Gasteiger partial charge is 0.164 e. The van der Waals surface area contributed by atoms with Crippen LogP contribution in [-0.2, 0) is 9.78 Å². The molecule has 0 spiro atoms. The first-order valence-electron chi connectivity index (χ1n) is 2.51. The summed E-state index contributed by atoms with van der Waals surface area (Å²) in [5.41, 5.74) is 0. The van der Waals surface area contributed by atoms with Crippen molar-refractivity contribution in [3.63, 3.8) is 0 Å². The second-order valence-electron chi connectivity index (χ2n) is 1.26. The van der Waals surface area contributed by atoms with E-state index in [-0.39, 0.29) is 0 Å². The van der Waals surface area contributed by atoms with Crippen molar-refractivity contribution < 1.29 is 9.78 Å². The molecule has 2 nitrogen and oxygen atoms in total. The first-order valence-corrected chi connectivity index (χ1v) is 2.51. The Balaban J connectivity index is 3.80. The van der Waals surface area contributed by atoms with Crippen LogP contribution in [0.4, 0.5) is 0 Å². The van der Waals surface area contributed by atoms with Crippen molar-refractivity contribution in [3.8, 4) is 0 Å². The first-order chi connectivity index (χ1) is 4.35. The molecule has 0 aromatic carbocycles. The SMILES string of the molecule is C=C/C=C(\C=C)OOC. The predicted molar refractivity (Wildman–Crippen MR) is 36.6 cm³/mol. The van der Waals surface area contributed by atoms with Crippen LogP contribution in [0.1, 0.15) is 0 Å². The van der Waals surface area contributed by atoms with Gasteiger partial charge in [-0.3, -0.25) is 0 Å². The fourth-order valence-electron chi connectivity index (χ4n) is 0.342. The van der Waals surface area contributed by atoms with Crippen LogP contribution in [0.3, 0.4) is 0 Å². The second kappa shape index (κ2) is 5.12. The van der Waals surface area contributed by atoms with Crippen LogP contribution in [0.5, 0.6) is 0 Å². The summed E-state index contributed by atoms with van der Waals surface area (Å²) in [5, 5.41) is 0. The second-order valence-corrected chi connectivity index (χ2v) is 1.26. The van der Waals surface area contributed by atoms with Crippen LogP contribution >= 0.6 is 0 Å². The van der Waals surface area contributed by atoms with Crippen LogP contribution in [0, 0.1) is 0 Å². The highest BCUT2D eigenvalue weighted by atomic mass is 17.2. The van der Waals surface area contributed by atoms with Gasteiger partial charge in [-0.1, -0.05) is 19.2 Å². The average molecular weight is 126 g/mol. The van der Waals surface area contributed by atoms with Gasteiger partial charge in [0, 0.05) is 0 Å². The van der Waals surface area contributed by atoms with Crippen LogP contribution in [-0.4, -0.2) is 7.11 Å². The normalized spacial score (nSPS) is 10.6. The summed E-state index contributed by atoms with van der Waals surface area (Å²) in [6, 6.07) is 0. The molecule has 0 heterocycles. The van der Waals surface area contributed by atoms with Crippen molar-refractivity contribution in [3.05, 3.63) is 37.1 Å². The Kier molecular flexibility index (Phi) is 4.54. The van der Waals surface area contributed by atoms with Gasteiger partial charge < -0.3 is 4.89 Å². The maximum absolute atomic E-state index is 4.60. The quantitative estimate of drug-likeness (QED) is 0.247. The summed E-state index contributed by atoms with van der Waals surface area (Å²) in [5.74, 6) is 0.549. The Hall–Kier alpha value is -1.02. The molecule has 0 aliphatic rings. The molecular weight excluding hydrogens is 116 g/mol. The van der Waals surface area contributed by atoms with E-state index < -0.39 is 0 Å². The summed E-state index contributed by atoms with van der Waals surface area (Å²) in [4.78, 5) is 8.96. The summed E-state index contributed by atoms with van der Waals surface area (Å²) >= 11 is 0. The Bertz CT molecular complexity index is 125. The van der Waals surface area contributed by atoms with Gasteiger partial charge in [0.2, 0.25) is 0 Å². The van der Waals surface area contributed by atoms with Gasteiger partial charge in [-0.15, -0.1) is 0 Å². The highest BCUT2D eigenvalue weighted by Gasteiger charge is 1.85. The summed E-state index contributed by atoms with van der Waals surface area (Å²) in [7, 11) is 1.43. The third-order valence-electron chi connectivity index (χ3n) is 0.663. The lowest BCUT2D eigenvalue weighted by Gasteiger charge is -1.97. The van der Waals surface area contributed by atoms with Crippen LogP contribution in [0.15, 0.2) is 37.1 Å². The van der Waals surface area contributed by atoms with Gasteiger partial charge in [0.1, 0.15) is 0 Å². The van der Waals surface area contributed by atoms with Gasteiger partial charge in [0.25, 0.3) is 0 Å². The van der Waals surface area contributed by atoms with E-state index in [9.17, 15) is 0 Å². The average Bonchev–Trinajstić information content (AvgIpc) is 1.88. The monoisotopic (exact) mass is 126 g/mol. The summed E-state index contributed by atoms with van der Waals surface area (Å²) in [6.45, 7) is 6.95. The number of hydrogen-bond acceptors (Lipinski definition) is 2. The zero-order chi connectivity index (χ0) is 7.11. The first kappa shape index (κ1) is 7.98. The van der Waals surface area contributed by atoms with Gasteiger partial charge in [-0.2, -0.15) is 4.89 Å². The standard InChI is InChI=1S/C7H10O2/c1-4-6-7(5-2)9-8-3/h4-6H,1-2H2,3H3/b7-6+. The van der Waals surface area contributed by atoms with Crippen LogP contribution in [0.2, 0.25) is 0 Å². The van der Waals surface area contributed by atoms with Crippen molar-refractivity contribution in [1.82, 2.24) is 0 Å². The molecule has 0 bridgehead atoms. The van der Waals surface area contributed by atoms with E-state index in [1.165, 1.54) is 13.2 Å². The Morgan fingerprint density at radius 1 is 1.44 bits per heavy atom. The molecule has 0 atom stereocenters. The molecule has 0 N–H and O–H groups in total. The minimum absolute atomic E-state index is 0.549. The van der Waals surface area contributed by atoms with Gasteiger partial charge in [0.05, 0.1) is 7.11 Å². The molecule has 0 aliphatic heterocycles. The summed E-state index contributed by atoms with van der Waals surface area (Å²) in [6.07, 6.45) is 4.78. The number of rotatable bonds is 4. The molecule has 0 fully saturated rings. The lowest BCUT2D eigenvalue weighted by Crippen LogP contribution is -1.85. The maximum atomic E-state index is 4.60. The van der Waals surface area contributed by atoms with E-state index in [0.717, 1.165) is 0 Å². The minimum Gasteiger partial charge on any atom is -0.338 e. The molecule has 0 saturated carbocycles. The molecule has 0 aromatic rings. The molecule has 2 heteroatoms. The van der Waals surface area contributed by atoms with Crippen molar-refractivity contribution in [2.75, 3.05) is 7.11 Å². The molecule has 0 unspecified atom stereocenters. The number of allylic oxidation sites excluding steroid dienone is 3. The molecule has 50 valence electrons. The fraction of sp³-hybridized carbons (Fsp3) is 0.143. The Morgan fingerprint density at radius 2 is 2.11 bits per heavy atom. The molecule has 0 aliphatic carbocycles. The molecule has 0 rings (SSSR count). The van der Waals surface area contributed by atoms with Crippen LogP contribution < -0.4 is 0 Å². The third kappa shape index (κ3) is 3.55. The van der Waals surface area contributed by atoms with Crippen molar-refractivity contribution in [2.24, 2.45) is 0 Å². The van der Waals surface area contributed by atoms with Crippen molar-refractivity contribution >= 4 is 0 Å². The third-order valence-corrected chi connectivity index (χ3v) is 0.663. The highest BCUT2D eigenvalue weighted by Crippen LogP contribution is 1.97. The Labute approximate surface area is 55.0 Å². The van der Waals surface area contributed by atoms with E-state index >= 15 is 0 Å². The lowest BCUT2D eigenvalue weighted by molar-refractivity contribution is -0.232. The van der Waals surface area contributed by atoms with Crippen molar-refractivity contribution in [2.45, 2.75) is 0 Å². The predicted octanol–water partition coefficient (Wildman–Crippen LogP) is 1.82. The van der Waals surface area contributed by atoms with Gasteiger partial charge in [-0.05, 0) is 12.2 Å². The maximum Gasteiger partial charge on any atom is 0.164 e. The van der Waals surface area contributed by atoms with E-state index in [4.69, 9.17) is 0 Å². The molecule has 0 aromatic heterocycles. The zero-order valence-electron chi connectivity index (χ0n) is 5.46.